The summed E-state index contributed by atoms with van der Waals surface area (Å²) in [5.41, 5.74) is 3.10. The lowest BCUT2D eigenvalue weighted by atomic mass is 9.99. The molecular weight excluding hydrogens is 522 g/mol. The van der Waals surface area contributed by atoms with Crippen molar-refractivity contribution >= 4 is 9.84 Å². The van der Waals surface area contributed by atoms with Gasteiger partial charge in [-0.2, -0.15) is 4.98 Å². The number of hydrogen-bond donors (Lipinski definition) is 1. The van der Waals surface area contributed by atoms with Crippen molar-refractivity contribution in [1.29, 1.82) is 0 Å². The lowest BCUT2D eigenvalue weighted by Gasteiger charge is -2.26. The van der Waals surface area contributed by atoms with Crippen LogP contribution in [0.25, 0.3) is 11.1 Å². The van der Waals surface area contributed by atoms with E-state index in [-0.39, 0.29) is 16.9 Å². The van der Waals surface area contributed by atoms with Gasteiger partial charge in [0.05, 0.1) is 10.9 Å². The molecule has 2 aliphatic rings. The molecule has 2 saturated carbocycles. The first-order valence-corrected chi connectivity index (χ1v) is 14.9. The average molecular weight is 552 g/mol. The van der Waals surface area contributed by atoms with Gasteiger partial charge in [0.2, 0.25) is 15.7 Å². The molecule has 202 valence electrons. The monoisotopic (exact) mass is 551 g/mol. The van der Waals surface area contributed by atoms with E-state index in [0.717, 1.165) is 48.1 Å². The number of hydrogen-bond acceptors (Lipinski definition) is 6. The third-order valence-corrected chi connectivity index (χ3v) is 9.58. The minimum absolute atomic E-state index is 0.0919. The molecule has 0 amide bonds. The maximum absolute atomic E-state index is 13.9. The minimum Gasteiger partial charge on any atom is -0.493 e. The number of pyridine rings is 1. The fraction of sp³-hybridized carbons (Fsp3) is 0.281. The molecule has 2 aliphatic carbocycles. The van der Waals surface area contributed by atoms with Crippen molar-refractivity contribution in [2.45, 2.75) is 54.9 Å². The van der Waals surface area contributed by atoms with Crippen LogP contribution >= 0.6 is 0 Å². The van der Waals surface area contributed by atoms with Gasteiger partial charge >= 0.3 is 0 Å². The lowest BCUT2D eigenvalue weighted by Crippen LogP contribution is -2.28. The highest BCUT2D eigenvalue weighted by molar-refractivity contribution is 7.91. The molecule has 0 unspecified atom stereocenters. The second kappa shape index (κ2) is 10.1. The minimum atomic E-state index is -4.39. The molecule has 6 rings (SSSR count). The Morgan fingerprint density at radius 3 is 2.48 bits per heavy atom. The summed E-state index contributed by atoms with van der Waals surface area (Å²) >= 11 is 0. The number of sulfone groups is 1. The molecule has 2 fully saturated rings. The van der Waals surface area contributed by atoms with Gasteiger partial charge in [-0.15, -0.1) is 6.42 Å². The Kier molecular flexibility index (Phi) is 6.55. The number of aromatic nitrogens is 3. The summed E-state index contributed by atoms with van der Waals surface area (Å²) in [6.45, 7) is 1.88. The van der Waals surface area contributed by atoms with Gasteiger partial charge in [0.1, 0.15) is 5.82 Å². The Morgan fingerprint density at radius 1 is 1.07 bits per heavy atom. The molecule has 0 spiro atoms. The molecule has 0 radical (unpaired) electrons. The van der Waals surface area contributed by atoms with Gasteiger partial charge in [0, 0.05) is 29.4 Å². The average Bonchev–Trinajstić information content (AvgIpc) is 3.87. The van der Waals surface area contributed by atoms with Crippen LogP contribution in [-0.2, 0) is 16.3 Å². The van der Waals surface area contributed by atoms with Crippen LogP contribution in [0.15, 0.2) is 81.4 Å². The second-order valence-electron chi connectivity index (χ2n) is 10.7. The van der Waals surface area contributed by atoms with Gasteiger partial charge in [-0.25, -0.2) is 8.42 Å². The van der Waals surface area contributed by atoms with E-state index in [4.69, 9.17) is 6.42 Å². The van der Waals surface area contributed by atoms with Gasteiger partial charge < -0.3 is 5.11 Å². The molecule has 8 heteroatoms. The number of nitrogens with zero attached hydrogens (tertiary/aromatic N) is 3. The largest absolute Gasteiger partial charge is 0.493 e. The molecule has 1 atom stereocenters. The van der Waals surface area contributed by atoms with Gasteiger partial charge in [-0.05, 0) is 85.9 Å². The number of terminal acetylenes is 1. The highest BCUT2D eigenvalue weighted by atomic mass is 32.2. The molecule has 2 aromatic heterocycles. The second-order valence-corrected chi connectivity index (χ2v) is 12.6. The van der Waals surface area contributed by atoms with E-state index in [2.05, 4.69) is 15.9 Å². The third-order valence-electron chi connectivity index (χ3n) is 7.80. The summed E-state index contributed by atoms with van der Waals surface area (Å²) in [6, 6.07) is 17.1. The Bertz CT molecular complexity index is 1810. The predicted octanol–water partition coefficient (Wildman–Crippen LogP) is 5.09. The standard InChI is InChI=1S/C32H29N3O4S/c1-3-21-6-4-7-25(18-21)29(24-11-12-24)35-28(19-22-9-10-22)34-31(36)30(32(35)37)40(38,39)26-15-13-23(14-16-26)27-8-5-17-33-20(27)2/h1,4-8,13-18,22,24,29,37H,9-12,19H2,2H3/t29-/m0/s1. The first kappa shape index (κ1) is 26.0. The predicted molar refractivity (Wildman–Crippen MR) is 152 cm³/mol. The highest BCUT2D eigenvalue weighted by Crippen LogP contribution is 2.47. The number of rotatable bonds is 8. The zero-order chi connectivity index (χ0) is 28.0. The highest BCUT2D eigenvalue weighted by Gasteiger charge is 2.40. The zero-order valence-corrected chi connectivity index (χ0v) is 22.9. The van der Waals surface area contributed by atoms with Crippen LogP contribution in [0, 0.1) is 31.1 Å². The number of aromatic hydroxyl groups is 1. The van der Waals surface area contributed by atoms with Crippen molar-refractivity contribution in [1.82, 2.24) is 14.5 Å². The van der Waals surface area contributed by atoms with E-state index in [1.54, 1.807) is 22.9 Å². The number of benzene rings is 2. The first-order valence-electron chi connectivity index (χ1n) is 13.5. The molecule has 2 heterocycles. The summed E-state index contributed by atoms with van der Waals surface area (Å²) < 4.78 is 29.4. The third kappa shape index (κ3) is 4.82. The van der Waals surface area contributed by atoms with Crippen molar-refractivity contribution in [3.8, 4) is 29.4 Å². The fourth-order valence-electron chi connectivity index (χ4n) is 5.38. The molecular formula is C32H29N3O4S. The van der Waals surface area contributed by atoms with Crippen LogP contribution in [0.2, 0.25) is 0 Å². The maximum Gasteiger partial charge on any atom is 0.296 e. The van der Waals surface area contributed by atoms with E-state index in [9.17, 15) is 18.3 Å². The van der Waals surface area contributed by atoms with E-state index < -0.39 is 26.2 Å². The van der Waals surface area contributed by atoms with Crippen LogP contribution in [-0.4, -0.2) is 28.1 Å². The van der Waals surface area contributed by atoms with Gasteiger partial charge in [0.15, 0.2) is 4.90 Å². The summed E-state index contributed by atoms with van der Waals surface area (Å²) in [7, 11) is -4.39. The molecule has 2 aromatic carbocycles. The molecule has 40 heavy (non-hydrogen) atoms. The van der Waals surface area contributed by atoms with Gasteiger partial charge in [-0.3, -0.25) is 14.3 Å². The summed E-state index contributed by atoms with van der Waals surface area (Å²) in [6.07, 6.45) is 11.7. The summed E-state index contributed by atoms with van der Waals surface area (Å²) in [5, 5.41) is 11.7. The number of aryl methyl sites for hydroxylation is 1. The maximum atomic E-state index is 13.9. The van der Waals surface area contributed by atoms with Crippen LogP contribution < -0.4 is 5.56 Å². The van der Waals surface area contributed by atoms with Crippen molar-refractivity contribution in [3.63, 3.8) is 0 Å². The van der Waals surface area contributed by atoms with Crippen molar-refractivity contribution in [2.24, 2.45) is 11.8 Å². The van der Waals surface area contributed by atoms with Crippen LogP contribution in [0.1, 0.15) is 54.4 Å². The summed E-state index contributed by atoms with van der Waals surface area (Å²) in [5.74, 6) is 3.03. The van der Waals surface area contributed by atoms with E-state index >= 15 is 0 Å². The van der Waals surface area contributed by atoms with E-state index in [1.165, 1.54) is 12.1 Å². The van der Waals surface area contributed by atoms with Crippen LogP contribution in [0.5, 0.6) is 5.88 Å². The van der Waals surface area contributed by atoms with Gasteiger partial charge in [-0.1, -0.05) is 36.3 Å². The van der Waals surface area contributed by atoms with Gasteiger partial charge in [0.25, 0.3) is 5.56 Å². The molecule has 0 aliphatic heterocycles. The smallest absolute Gasteiger partial charge is 0.296 e. The Balaban J connectivity index is 1.49. The zero-order valence-electron chi connectivity index (χ0n) is 22.1. The first-order chi connectivity index (χ1) is 19.3. The Morgan fingerprint density at radius 2 is 1.82 bits per heavy atom. The topological polar surface area (TPSA) is 102 Å². The van der Waals surface area contributed by atoms with Crippen LogP contribution in [0.3, 0.4) is 0 Å². The quantitative estimate of drug-likeness (QED) is 0.306. The molecule has 4 aromatic rings. The lowest BCUT2D eigenvalue weighted by molar-refractivity contribution is 0.347. The normalized spacial score (nSPS) is 15.9. The summed E-state index contributed by atoms with van der Waals surface area (Å²) in [4.78, 5) is 21.1. The van der Waals surface area contributed by atoms with Crippen LogP contribution in [0.4, 0.5) is 0 Å². The molecule has 0 bridgehead atoms. The van der Waals surface area contributed by atoms with Crippen molar-refractivity contribution in [3.05, 3.63) is 99.9 Å². The van der Waals surface area contributed by atoms with Crippen molar-refractivity contribution in [2.75, 3.05) is 0 Å². The SMILES string of the molecule is C#Cc1cccc([C@H](C2CC2)n2c(CC3CC3)nc(=O)c(S(=O)(=O)c3ccc(-c4cccnc4C)cc3)c2O)c1. The fourth-order valence-corrected chi connectivity index (χ4v) is 6.72. The van der Waals surface area contributed by atoms with E-state index in [1.807, 2.05) is 43.3 Å². The van der Waals surface area contributed by atoms with Crippen molar-refractivity contribution < 1.29 is 13.5 Å². The Hall–Kier alpha value is -4.22. The molecule has 0 saturated heterocycles. The van der Waals surface area contributed by atoms with E-state index in [0.29, 0.717) is 23.7 Å². The molecule has 1 N–H and O–H groups in total. The Labute approximate surface area is 233 Å². The molecule has 7 nitrogen and oxygen atoms in total.